The lowest BCUT2D eigenvalue weighted by atomic mass is 10.2. The molecule has 1 aliphatic heterocycles. The van der Waals surface area contributed by atoms with E-state index in [1.54, 1.807) is 48.5 Å². The summed E-state index contributed by atoms with van der Waals surface area (Å²) in [5.41, 5.74) is 0.0873. The van der Waals surface area contributed by atoms with E-state index in [0.29, 0.717) is 43.5 Å². The number of nitrogens with zero attached hydrogens (tertiary/aromatic N) is 8. The minimum absolute atomic E-state index is 0.0566. The molecule has 1 fully saturated rings. The van der Waals surface area contributed by atoms with E-state index in [1.807, 2.05) is 25.7 Å². The number of anilines is 2. The third-order valence-electron chi connectivity index (χ3n) is 6.17. The predicted octanol–water partition coefficient (Wildman–Crippen LogP) is 2.80. The third kappa shape index (κ3) is 6.10. The monoisotopic (exact) mass is 561 g/mol. The van der Waals surface area contributed by atoms with E-state index in [1.165, 1.54) is 21.6 Å². The van der Waals surface area contributed by atoms with Crippen LogP contribution in [0, 0.1) is 0 Å². The molecule has 1 N–H and O–H groups in total. The molecule has 1 aliphatic rings. The van der Waals surface area contributed by atoms with Gasteiger partial charge in [-0.2, -0.15) is 10.2 Å². The lowest BCUT2D eigenvalue weighted by Crippen LogP contribution is -2.50. The average molecular weight is 562 g/mol. The number of amides is 2. The lowest BCUT2D eigenvalue weighted by molar-refractivity contribution is 0.0240. The number of carbonyl (C=O) groups excluding carboxylic acids is 3. The van der Waals surface area contributed by atoms with Crippen molar-refractivity contribution in [1.82, 2.24) is 34.3 Å². The van der Waals surface area contributed by atoms with E-state index in [-0.39, 0.29) is 29.6 Å². The maximum Gasteiger partial charge on any atom is 0.410 e. The molecule has 0 radical (unpaired) electrons. The second kappa shape index (κ2) is 11.2. The van der Waals surface area contributed by atoms with Crippen molar-refractivity contribution in [2.24, 2.45) is 0 Å². The van der Waals surface area contributed by atoms with Crippen LogP contribution in [0.4, 0.5) is 16.3 Å². The van der Waals surface area contributed by atoms with Gasteiger partial charge in [0, 0.05) is 38.6 Å². The molecule has 0 atom stereocenters. The number of piperazine rings is 1. The first kappa shape index (κ1) is 27.6. The summed E-state index contributed by atoms with van der Waals surface area (Å²) in [6, 6.07) is 7.07. The van der Waals surface area contributed by atoms with Gasteiger partial charge in [0.25, 0.3) is 5.91 Å². The fourth-order valence-corrected chi connectivity index (χ4v) is 4.25. The van der Waals surface area contributed by atoms with Gasteiger partial charge in [0.2, 0.25) is 0 Å². The van der Waals surface area contributed by atoms with Crippen molar-refractivity contribution >= 4 is 35.1 Å². The summed E-state index contributed by atoms with van der Waals surface area (Å²) in [5, 5.41) is 11.3. The highest BCUT2D eigenvalue weighted by molar-refractivity contribution is 6.10. The maximum absolute atomic E-state index is 13.4. The number of hydrogen-bond donors (Lipinski definition) is 1. The van der Waals surface area contributed by atoms with Gasteiger partial charge in [0.1, 0.15) is 17.0 Å². The fourth-order valence-electron chi connectivity index (χ4n) is 4.25. The minimum Gasteiger partial charge on any atom is -0.461 e. The number of pyridine rings is 1. The van der Waals surface area contributed by atoms with E-state index >= 15 is 0 Å². The molecule has 0 aromatic carbocycles. The molecule has 2 amide bonds. The summed E-state index contributed by atoms with van der Waals surface area (Å²) >= 11 is 0. The SMILES string of the molecule is CCOC(=O)c1nn(-c2ccccn2)cc1NC(=O)c1cnn2ccc(N3CCN(C(=O)OC(C)(C)C)CC3)nc12. The van der Waals surface area contributed by atoms with Crippen molar-refractivity contribution in [2.45, 2.75) is 33.3 Å². The summed E-state index contributed by atoms with van der Waals surface area (Å²) in [7, 11) is 0. The van der Waals surface area contributed by atoms with Gasteiger partial charge in [0.15, 0.2) is 17.2 Å². The van der Waals surface area contributed by atoms with Gasteiger partial charge < -0.3 is 24.6 Å². The molecule has 0 unspecified atom stereocenters. The number of rotatable bonds is 6. The highest BCUT2D eigenvalue weighted by Crippen LogP contribution is 2.22. The van der Waals surface area contributed by atoms with Gasteiger partial charge in [-0.1, -0.05) is 6.07 Å². The normalized spacial score (nSPS) is 13.8. The summed E-state index contributed by atoms with van der Waals surface area (Å²) in [6.45, 7) is 9.40. The largest absolute Gasteiger partial charge is 0.461 e. The van der Waals surface area contributed by atoms with Gasteiger partial charge in [-0.3, -0.25) is 4.79 Å². The van der Waals surface area contributed by atoms with Crippen molar-refractivity contribution in [3.8, 4) is 5.82 Å². The van der Waals surface area contributed by atoms with E-state index in [9.17, 15) is 14.4 Å². The number of aromatic nitrogens is 6. The van der Waals surface area contributed by atoms with Gasteiger partial charge >= 0.3 is 12.1 Å². The Labute approximate surface area is 235 Å². The van der Waals surface area contributed by atoms with Gasteiger partial charge in [-0.15, -0.1) is 0 Å². The molecule has 214 valence electrons. The Morgan fingerprint density at radius 3 is 2.51 bits per heavy atom. The van der Waals surface area contributed by atoms with Gasteiger partial charge in [-0.25, -0.2) is 28.8 Å². The van der Waals surface area contributed by atoms with E-state index in [0.717, 1.165) is 0 Å². The first-order valence-corrected chi connectivity index (χ1v) is 13.2. The van der Waals surface area contributed by atoms with Crippen LogP contribution in [0.3, 0.4) is 0 Å². The van der Waals surface area contributed by atoms with Crippen molar-refractivity contribution in [1.29, 1.82) is 0 Å². The zero-order valence-electron chi connectivity index (χ0n) is 23.3. The smallest absolute Gasteiger partial charge is 0.410 e. The standard InChI is InChI=1S/C27H31N9O5/c1-5-40-25(38)22-19(17-36(32-22)20-8-6-7-10-28-20)30-24(37)18-16-29-35-11-9-21(31-23(18)35)33-12-14-34(15-13-33)26(39)41-27(2,3)4/h6-11,16-17H,5,12-15H2,1-4H3,(H,30,37). The Hall–Kier alpha value is -5.01. The van der Waals surface area contributed by atoms with Crippen LogP contribution in [0.1, 0.15) is 48.5 Å². The highest BCUT2D eigenvalue weighted by Gasteiger charge is 2.27. The summed E-state index contributed by atoms with van der Waals surface area (Å²) in [6.07, 6.45) is 5.89. The second-order valence-electron chi connectivity index (χ2n) is 10.3. The van der Waals surface area contributed by atoms with Crippen LogP contribution in [0.15, 0.2) is 49.1 Å². The van der Waals surface area contributed by atoms with Crippen LogP contribution in [0.5, 0.6) is 0 Å². The molecule has 4 aromatic rings. The van der Waals surface area contributed by atoms with Crippen molar-refractivity contribution in [2.75, 3.05) is 43.0 Å². The van der Waals surface area contributed by atoms with Crippen LogP contribution in [0.2, 0.25) is 0 Å². The number of nitrogens with one attached hydrogen (secondary N) is 1. The zero-order valence-corrected chi connectivity index (χ0v) is 23.3. The topological polar surface area (TPSA) is 149 Å². The Morgan fingerprint density at radius 2 is 1.83 bits per heavy atom. The Balaban J connectivity index is 1.35. The van der Waals surface area contributed by atoms with E-state index in [2.05, 4.69) is 20.5 Å². The molecule has 41 heavy (non-hydrogen) atoms. The summed E-state index contributed by atoms with van der Waals surface area (Å²) < 4.78 is 13.5. The quantitative estimate of drug-likeness (QED) is 0.348. The Bertz CT molecular complexity index is 1570. The number of carbonyl (C=O) groups is 3. The number of ether oxygens (including phenoxy) is 2. The molecular formula is C27H31N9O5. The van der Waals surface area contributed by atoms with Crippen LogP contribution >= 0.6 is 0 Å². The highest BCUT2D eigenvalue weighted by atomic mass is 16.6. The van der Waals surface area contributed by atoms with Crippen molar-refractivity contribution in [3.05, 3.63) is 60.3 Å². The molecule has 14 heteroatoms. The molecule has 14 nitrogen and oxygen atoms in total. The van der Waals surface area contributed by atoms with E-state index in [4.69, 9.17) is 14.5 Å². The number of fused-ring (bicyclic) bond motifs is 1. The molecule has 1 saturated heterocycles. The molecule has 0 spiro atoms. The average Bonchev–Trinajstić information content (AvgIpc) is 3.57. The Kier molecular flexibility index (Phi) is 7.55. The van der Waals surface area contributed by atoms with Crippen LogP contribution in [-0.2, 0) is 9.47 Å². The Morgan fingerprint density at radius 1 is 1.05 bits per heavy atom. The maximum atomic E-state index is 13.4. The van der Waals surface area contributed by atoms with Gasteiger partial charge in [-0.05, 0) is 45.9 Å². The third-order valence-corrected chi connectivity index (χ3v) is 6.17. The molecule has 0 aliphatic carbocycles. The molecule has 0 bridgehead atoms. The second-order valence-corrected chi connectivity index (χ2v) is 10.3. The molecule has 5 rings (SSSR count). The molecule has 0 saturated carbocycles. The van der Waals surface area contributed by atoms with Crippen LogP contribution in [0.25, 0.3) is 11.5 Å². The summed E-state index contributed by atoms with van der Waals surface area (Å²) in [5.74, 6) is -0.0903. The van der Waals surface area contributed by atoms with Gasteiger partial charge in [0.05, 0.1) is 24.7 Å². The molecular weight excluding hydrogens is 530 g/mol. The molecule has 4 aromatic heterocycles. The lowest BCUT2D eigenvalue weighted by Gasteiger charge is -2.36. The zero-order chi connectivity index (χ0) is 29.1. The predicted molar refractivity (Wildman–Crippen MR) is 148 cm³/mol. The minimum atomic E-state index is -0.678. The molecule has 5 heterocycles. The van der Waals surface area contributed by atoms with Crippen LogP contribution in [-0.4, -0.2) is 90.6 Å². The first-order chi connectivity index (χ1) is 19.6. The number of hydrogen-bond acceptors (Lipinski definition) is 10. The first-order valence-electron chi connectivity index (χ1n) is 13.2. The fraction of sp³-hybridized carbons (Fsp3) is 0.370. The summed E-state index contributed by atoms with van der Waals surface area (Å²) in [4.78, 5) is 51.1. The van der Waals surface area contributed by atoms with Crippen molar-refractivity contribution in [3.63, 3.8) is 0 Å². The van der Waals surface area contributed by atoms with Crippen molar-refractivity contribution < 1.29 is 23.9 Å². The van der Waals surface area contributed by atoms with E-state index < -0.39 is 17.5 Å². The number of esters is 1. The van der Waals surface area contributed by atoms with Crippen LogP contribution < -0.4 is 10.2 Å².